The Morgan fingerprint density at radius 1 is 1.16 bits per heavy atom. The molecule has 1 amide bonds. The van der Waals surface area contributed by atoms with Gasteiger partial charge in [0.05, 0.1) is 25.5 Å². The van der Waals surface area contributed by atoms with E-state index in [0.29, 0.717) is 41.0 Å². The fourth-order valence-corrected chi connectivity index (χ4v) is 5.52. The van der Waals surface area contributed by atoms with Crippen LogP contribution in [0.5, 0.6) is 11.5 Å². The van der Waals surface area contributed by atoms with Crippen molar-refractivity contribution < 1.29 is 22.7 Å². The SMILES string of the molecule is COc1ccc(OC)c(-c2ccc(C(=O)NS(=O)(=O)c3cccnc3N)c(N3CCC(C)C3(C)C)n2)c1. The maximum atomic E-state index is 13.4. The van der Waals surface area contributed by atoms with Crippen LogP contribution in [0, 0.1) is 5.92 Å². The van der Waals surface area contributed by atoms with Crippen LogP contribution in [0.4, 0.5) is 11.6 Å². The molecule has 1 aliphatic rings. The lowest BCUT2D eigenvalue weighted by Crippen LogP contribution is -2.43. The number of nitrogens with zero attached hydrogens (tertiary/aromatic N) is 3. The smallest absolute Gasteiger partial charge is 0.268 e. The van der Waals surface area contributed by atoms with E-state index < -0.39 is 15.9 Å². The first-order valence-electron chi connectivity index (χ1n) is 11.8. The molecule has 1 aliphatic heterocycles. The van der Waals surface area contributed by atoms with E-state index >= 15 is 0 Å². The Bertz CT molecular complexity index is 1440. The fourth-order valence-electron chi connectivity index (χ4n) is 4.47. The van der Waals surface area contributed by atoms with Crippen molar-refractivity contribution in [3.63, 3.8) is 0 Å². The number of nitrogen functional groups attached to an aromatic ring is 1. The number of benzene rings is 1. The molecule has 196 valence electrons. The van der Waals surface area contributed by atoms with Gasteiger partial charge in [0, 0.05) is 23.8 Å². The third-order valence-electron chi connectivity index (χ3n) is 7.06. The van der Waals surface area contributed by atoms with E-state index in [2.05, 4.69) is 30.5 Å². The number of pyridine rings is 2. The van der Waals surface area contributed by atoms with Crippen LogP contribution < -0.4 is 24.8 Å². The van der Waals surface area contributed by atoms with Crippen molar-refractivity contribution in [1.82, 2.24) is 14.7 Å². The van der Waals surface area contributed by atoms with Gasteiger partial charge in [0.2, 0.25) is 0 Å². The van der Waals surface area contributed by atoms with Crippen LogP contribution in [0.1, 0.15) is 37.6 Å². The van der Waals surface area contributed by atoms with Crippen LogP contribution in [0.15, 0.2) is 53.6 Å². The molecule has 2 aromatic heterocycles. The number of amides is 1. The van der Waals surface area contributed by atoms with Crippen molar-refractivity contribution in [2.45, 2.75) is 37.6 Å². The summed E-state index contributed by atoms with van der Waals surface area (Å²) in [6.45, 7) is 6.96. The normalized spacial score (nSPS) is 16.9. The number of carbonyl (C=O) groups is 1. The highest BCUT2D eigenvalue weighted by Crippen LogP contribution is 2.40. The number of hydrogen-bond acceptors (Lipinski definition) is 9. The second-order valence-electron chi connectivity index (χ2n) is 9.45. The van der Waals surface area contributed by atoms with Crippen molar-refractivity contribution in [2.75, 3.05) is 31.4 Å². The summed E-state index contributed by atoms with van der Waals surface area (Å²) in [4.78, 5) is 23.9. The molecule has 11 heteroatoms. The quantitative estimate of drug-likeness (QED) is 0.475. The molecule has 3 heterocycles. The Morgan fingerprint density at radius 3 is 2.54 bits per heavy atom. The molecule has 3 aromatic rings. The summed E-state index contributed by atoms with van der Waals surface area (Å²) < 4.78 is 39.0. The van der Waals surface area contributed by atoms with E-state index in [0.717, 1.165) is 6.42 Å². The van der Waals surface area contributed by atoms with Crippen molar-refractivity contribution in [2.24, 2.45) is 5.92 Å². The zero-order valence-corrected chi connectivity index (χ0v) is 22.3. The molecule has 0 saturated carbocycles. The van der Waals surface area contributed by atoms with E-state index in [1.807, 2.05) is 4.90 Å². The average molecular weight is 526 g/mol. The zero-order chi connectivity index (χ0) is 27.0. The lowest BCUT2D eigenvalue weighted by molar-refractivity contribution is 0.0981. The molecule has 1 saturated heterocycles. The van der Waals surface area contributed by atoms with Crippen molar-refractivity contribution in [3.8, 4) is 22.8 Å². The number of anilines is 2. The maximum Gasteiger partial charge on any atom is 0.268 e. The molecule has 1 aromatic carbocycles. The Kier molecular flexibility index (Phi) is 7.00. The summed E-state index contributed by atoms with van der Waals surface area (Å²) in [7, 11) is -1.14. The van der Waals surface area contributed by atoms with Crippen molar-refractivity contribution in [1.29, 1.82) is 0 Å². The Balaban J connectivity index is 1.83. The molecular weight excluding hydrogens is 494 g/mol. The van der Waals surface area contributed by atoms with Gasteiger partial charge in [-0.2, -0.15) is 0 Å². The predicted molar refractivity (Wildman–Crippen MR) is 141 cm³/mol. The predicted octanol–water partition coefficient (Wildman–Crippen LogP) is 3.49. The van der Waals surface area contributed by atoms with Gasteiger partial charge in [0.15, 0.2) is 0 Å². The minimum absolute atomic E-state index is 0.124. The Labute approximate surface area is 216 Å². The third-order valence-corrected chi connectivity index (χ3v) is 8.44. The highest BCUT2D eigenvalue weighted by molar-refractivity contribution is 7.90. The van der Waals surface area contributed by atoms with Gasteiger partial charge in [-0.05, 0) is 68.7 Å². The molecule has 10 nitrogen and oxygen atoms in total. The number of carbonyl (C=O) groups excluding carboxylic acids is 1. The van der Waals surface area contributed by atoms with E-state index in [-0.39, 0.29) is 21.8 Å². The van der Waals surface area contributed by atoms with Crippen molar-refractivity contribution in [3.05, 3.63) is 54.2 Å². The molecule has 3 N–H and O–H groups in total. The molecule has 0 radical (unpaired) electrons. The van der Waals surface area contributed by atoms with E-state index in [1.165, 1.54) is 18.3 Å². The third kappa shape index (κ3) is 4.91. The van der Waals surface area contributed by atoms with Gasteiger partial charge < -0.3 is 20.1 Å². The largest absolute Gasteiger partial charge is 0.497 e. The molecule has 1 atom stereocenters. The van der Waals surface area contributed by atoms with Gasteiger partial charge in [0.1, 0.15) is 28.0 Å². The first kappa shape index (κ1) is 26.2. The summed E-state index contributed by atoms with van der Waals surface area (Å²) >= 11 is 0. The number of ether oxygens (including phenoxy) is 2. The number of methoxy groups -OCH3 is 2. The Hall–Kier alpha value is -3.86. The van der Waals surface area contributed by atoms with E-state index in [9.17, 15) is 13.2 Å². The standard InChI is InChI=1S/C26H31N5O5S/c1-16-12-14-31(26(16,2)3)24-18(25(32)30-37(33,34)22-7-6-13-28-23(22)27)9-10-20(29-24)19-15-17(35-4)8-11-21(19)36-5/h6-11,13,15-16H,12,14H2,1-5H3,(H2,27,28)(H,30,32). The fraction of sp³-hybridized carbons (Fsp3) is 0.346. The molecule has 1 unspecified atom stereocenters. The molecule has 0 bridgehead atoms. The summed E-state index contributed by atoms with van der Waals surface area (Å²) in [5.41, 5.74) is 6.78. The number of nitrogens with one attached hydrogen (secondary N) is 1. The van der Waals surface area contributed by atoms with Gasteiger partial charge in [-0.15, -0.1) is 0 Å². The highest BCUT2D eigenvalue weighted by atomic mass is 32.2. The maximum absolute atomic E-state index is 13.4. The molecule has 1 fully saturated rings. The van der Waals surface area contributed by atoms with Crippen LogP contribution in [-0.4, -0.2) is 50.6 Å². The molecule has 0 spiro atoms. The summed E-state index contributed by atoms with van der Waals surface area (Å²) in [6.07, 6.45) is 2.27. The monoisotopic (exact) mass is 525 g/mol. The van der Waals surface area contributed by atoms with E-state index in [4.69, 9.17) is 20.2 Å². The molecule has 37 heavy (non-hydrogen) atoms. The number of nitrogens with two attached hydrogens (primary N) is 1. The minimum Gasteiger partial charge on any atom is -0.497 e. The molecule has 4 rings (SSSR count). The van der Waals surface area contributed by atoms with Crippen LogP contribution >= 0.6 is 0 Å². The summed E-state index contributed by atoms with van der Waals surface area (Å²) in [5, 5.41) is 0. The minimum atomic E-state index is -4.27. The van der Waals surface area contributed by atoms with Crippen LogP contribution in [-0.2, 0) is 10.0 Å². The van der Waals surface area contributed by atoms with Gasteiger partial charge in [-0.3, -0.25) is 4.79 Å². The zero-order valence-electron chi connectivity index (χ0n) is 21.5. The van der Waals surface area contributed by atoms with Crippen molar-refractivity contribution >= 4 is 27.6 Å². The average Bonchev–Trinajstić information content (AvgIpc) is 3.14. The first-order chi connectivity index (χ1) is 17.5. The summed E-state index contributed by atoms with van der Waals surface area (Å²) in [6, 6.07) is 11.3. The van der Waals surface area contributed by atoms with Gasteiger partial charge in [-0.1, -0.05) is 6.92 Å². The second kappa shape index (κ2) is 9.89. The van der Waals surface area contributed by atoms with Crippen LogP contribution in [0.2, 0.25) is 0 Å². The summed E-state index contributed by atoms with van der Waals surface area (Å²) in [5.74, 6) is 0.889. The first-order valence-corrected chi connectivity index (χ1v) is 13.3. The van der Waals surface area contributed by atoms with Gasteiger partial charge in [-0.25, -0.2) is 23.1 Å². The van der Waals surface area contributed by atoms with E-state index in [1.54, 1.807) is 44.6 Å². The lowest BCUT2D eigenvalue weighted by atomic mass is 9.90. The molecular formula is C26H31N5O5S. The lowest BCUT2D eigenvalue weighted by Gasteiger charge is -2.36. The topological polar surface area (TPSA) is 137 Å². The number of aromatic nitrogens is 2. The number of hydrogen-bond donors (Lipinski definition) is 2. The van der Waals surface area contributed by atoms with Crippen LogP contribution in [0.25, 0.3) is 11.3 Å². The van der Waals surface area contributed by atoms with Gasteiger partial charge in [0.25, 0.3) is 15.9 Å². The van der Waals surface area contributed by atoms with Gasteiger partial charge >= 0.3 is 0 Å². The highest BCUT2D eigenvalue weighted by Gasteiger charge is 2.41. The van der Waals surface area contributed by atoms with Crippen LogP contribution in [0.3, 0.4) is 0 Å². The number of sulfonamides is 1. The Morgan fingerprint density at radius 2 is 1.92 bits per heavy atom. The number of rotatable bonds is 7. The second-order valence-corrected chi connectivity index (χ2v) is 11.1. The molecule has 0 aliphatic carbocycles.